The summed E-state index contributed by atoms with van der Waals surface area (Å²) in [6.07, 6.45) is 0. The molecule has 0 aliphatic rings. The highest BCUT2D eigenvalue weighted by Crippen LogP contribution is 2.32. The van der Waals surface area contributed by atoms with Crippen molar-refractivity contribution in [2.24, 2.45) is 0 Å². The fourth-order valence-corrected chi connectivity index (χ4v) is 3.05. The molecule has 0 saturated heterocycles. The van der Waals surface area contributed by atoms with E-state index in [1.807, 2.05) is 13.0 Å². The summed E-state index contributed by atoms with van der Waals surface area (Å²) in [4.78, 5) is 19.7. The van der Waals surface area contributed by atoms with Crippen LogP contribution < -0.4 is 15.0 Å². The summed E-state index contributed by atoms with van der Waals surface area (Å²) in [5, 5.41) is 0.538. The minimum Gasteiger partial charge on any atom is -0.490 e. The number of ether oxygens (including phenoxy) is 2. The molecule has 29 heavy (non-hydrogen) atoms. The van der Waals surface area contributed by atoms with Gasteiger partial charge in [0.1, 0.15) is 18.2 Å². The number of aromatic nitrogens is 2. The standard InChI is InChI=1S/C23H19FN2O3/c1-2-28-21-13-16(22-25-19-9-4-3-8-18(19)23(27)26-22)10-11-20(21)29-14-15-6-5-7-17(24)12-15/h3-13H,2,14H2,1H3,(H,25,26,27). The van der Waals surface area contributed by atoms with E-state index in [1.165, 1.54) is 12.1 Å². The molecule has 146 valence electrons. The van der Waals surface area contributed by atoms with E-state index in [4.69, 9.17) is 9.47 Å². The number of aromatic amines is 1. The maximum Gasteiger partial charge on any atom is 0.259 e. The zero-order valence-electron chi connectivity index (χ0n) is 15.8. The maximum atomic E-state index is 13.4. The summed E-state index contributed by atoms with van der Waals surface area (Å²) in [6.45, 7) is 2.53. The van der Waals surface area contributed by atoms with Gasteiger partial charge in [-0.25, -0.2) is 9.37 Å². The van der Waals surface area contributed by atoms with Gasteiger partial charge in [-0.05, 0) is 55.0 Å². The van der Waals surface area contributed by atoms with Crippen molar-refractivity contribution >= 4 is 10.9 Å². The topological polar surface area (TPSA) is 64.2 Å². The largest absolute Gasteiger partial charge is 0.490 e. The van der Waals surface area contributed by atoms with Gasteiger partial charge in [0.05, 0.1) is 17.5 Å². The number of halogens is 1. The number of para-hydroxylation sites is 1. The van der Waals surface area contributed by atoms with Crippen LogP contribution in [-0.4, -0.2) is 16.6 Å². The van der Waals surface area contributed by atoms with Crippen molar-refractivity contribution in [1.29, 1.82) is 0 Å². The highest BCUT2D eigenvalue weighted by molar-refractivity contribution is 5.79. The first kappa shape index (κ1) is 18.7. The summed E-state index contributed by atoms with van der Waals surface area (Å²) in [5.74, 6) is 1.20. The fourth-order valence-electron chi connectivity index (χ4n) is 3.05. The van der Waals surface area contributed by atoms with E-state index in [9.17, 15) is 9.18 Å². The minimum atomic E-state index is -0.308. The molecule has 0 atom stereocenters. The van der Waals surface area contributed by atoms with Crippen LogP contribution in [-0.2, 0) is 6.61 Å². The second-order valence-corrected chi connectivity index (χ2v) is 6.44. The Morgan fingerprint density at radius 3 is 2.66 bits per heavy atom. The van der Waals surface area contributed by atoms with Crippen molar-refractivity contribution < 1.29 is 13.9 Å². The highest BCUT2D eigenvalue weighted by atomic mass is 19.1. The molecule has 0 amide bonds. The second kappa shape index (κ2) is 8.14. The van der Waals surface area contributed by atoms with Gasteiger partial charge in [0.15, 0.2) is 11.5 Å². The summed E-state index contributed by atoms with van der Waals surface area (Å²) >= 11 is 0. The average Bonchev–Trinajstić information content (AvgIpc) is 2.73. The average molecular weight is 390 g/mol. The molecule has 1 N–H and O–H groups in total. The third-order valence-electron chi connectivity index (χ3n) is 4.41. The van der Waals surface area contributed by atoms with Gasteiger partial charge in [-0.2, -0.15) is 0 Å². The van der Waals surface area contributed by atoms with Gasteiger partial charge < -0.3 is 14.5 Å². The SMILES string of the molecule is CCOc1cc(-c2nc3ccccc3c(=O)[nH]2)ccc1OCc1cccc(F)c1. The van der Waals surface area contributed by atoms with Crippen molar-refractivity contribution in [1.82, 2.24) is 9.97 Å². The summed E-state index contributed by atoms with van der Waals surface area (Å²) < 4.78 is 24.9. The van der Waals surface area contributed by atoms with Crippen molar-refractivity contribution in [3.8, 4) is 22.9 Å². The Bertz CT molecular complexity index is 1220. The van der Waals surface area contributed by atoms with Crippen LogP contribution >= 0.6 is 0 Å². The molecule has 0 bridgehead atoms. The molecule has 4 rings (SSSR count). The monoisotopic (exact) mass is 390 g/mol. The first-order chi connectivity index (χ1) is 14.1. The predicted molar refractivity (Wildman–Crippen MR) is 110 cm³/mol. The molecular formula is C23H19FN2O3. The molecule has 6 heteroatoms. The first-order valence-electron chi connectivity index (χ1n) is 9.27. The van der Waals surface area contributed by atoms with Crippen molar-refractivity contribution in [2.45, 2.75) is 13.5 Å². The van der Waals surface area contributed by atoms with Crippen LogP contribution in [0.25, 0.3) is 22.3 Å². The lowest BCUT2D eigenvalue weighted by molar-refractivity contribution is 0.269. The molecule has 5 nitrogen and oxygen atoms in total. The van der Waals surface area contributed by atoms with Gasteiger partial charge >= 0.3 is 0 Å². The number of nitrogens with zero attached hydrogens (tertiary/aromatic N) is 1. The summed E-state index contributed by atoms with van der Waals surface area (Å²) in [7, 11) is 0. The zero-order valence-corrected chi connectivity index (χ0v) is 15.8. The molecular weight excluding hydrogens is 371 g/mol. The van der Waals surface area contributed by atoms with E-state index >= 15 is 0 Å². The van der Waals surface area contributed by atoms with Crippen molar-refractivity contribution in [2.75, 3.05) is 6.61 Å². The van der Waals surface area contributed by atoms with E-state index in [2.05, 4.69) is 9.97 Å². The maximum absolute atomic E-state index is 13.4. The first-order valence-corrected chi connectivity index (χ1v) is 9.27. The van der Waals surface area contributed by atoms with Gasteiger partial charge in [-0.1, -0.05) is 24.3 Å². The number of hydrogen-bond acceptors (Lipinski definition) is 4. The van der Waals surface area contributed by atoms with E-state index in [-0.39, 0.29) is 18.0 Å². The molecule has 0 aliphatic carbocycles. The molecule has 0 spiro atoms. The molecule has 0 saturated carbocycles. The third-order valence-corrected chi connectivity index (χ3v) is 4.41. The highest BCUT2D eigenvalue weighted by Gasteiger charge is 2.11. The van der Waals surface area contributed by atoms with Crippen LogP contribution in [0.2, 0.25) is 0 Å². The van der Waals surface area contributed by atoms with Gasteiger partial charge in [0.25, 0.3) is 5.56 Å². The zero-order chi connectivity index (χ0) is 20.2. The third kappa shape index (κ3) is 4.11. The van der Waals surface area contributed by atoms with Crippen molar-refractivity contribution in [3.05, 3.63) is 88.5 Å². The summed E-state index contributed by atoms with van der Waals surface area (Å²) in [6, 6.07) is 18.8. The smallest absolute Gasteiger partial charge is 0.259 e. The number of hydrogen-bond donors (Lipinski definition) is 1. The lowest BCUT2D eigenvalue weighted by Gasteiger charge is -2.13. The molecule has 0 unspecified atom stereocenters. The number of fused-ring (bicyclic) bond motifs is 1. The molecule has 1 heterocycles. The molecule has 0 aliphatic heterocycles. The Morgan fingerprint density at radius 1 is 0.966 bits per heavy atom. The lowest BCUT2D eigenvalue weighted by atomic mass is 10.1. The number of nitrogens with one attached hydrogen (secondary N) is 1. The van der Waals surface area contributed by atoms with Crippen molar-refractivity contribution in [3.63, 3.8) is 0 Å². The number of benzene rings is 3. The fraction of sp³-hybridized carbons (Fsp3) is 0.130. The van der Waals surface area contributed by atoms with Gasteiger partial charge in [0, 0.05) is 5.56 Å². The normalized spacial score (nSPS) is 10.8. The van der Waals surface area contributed by atoms with Crippen LogP contribution in [0.4, 0.5) is 4.39 Å². The van der Waals surface area contributed by atoms with E-state index in [0.29, 0.717) is 40.4 Å². The Hall–Kier alpha value is -3.67. The molecule has 0 fully saturated rings. The minimum absolute atomic E-state index is 0.199. The molecule has 1 aromatic heterocycles. The van der Waals surface area contributed by atoms with Gasteiger partial charge in [-0.3, -0.25) is 4.79 Å². The van der Waals surface area contributed by atoms with Crippen LogP contribution in [0.3, 0.4) is 0 Å². The lowest BCUT2D eigenvalue weighted by Crippen LogP contribution is -2.09. The predicted octanol–water partition coefficient (Wildman–Crippen LogP) is 4.71. The number of rotatable bonds is 6. The molecule has 4 aromatic rings. The van der Waals surface area contributed by atoms with Crippen LogP contribution in [0.5, 0.6) is 11.5 Å². The molecule has 3 aromatic carbocycles. The molecule has 0 radical (unpaired) electrons. The Balaban J connectivity index is 1.66. The van der Waals surface area contributed by atoms with Gasteiger partial charge in [-0.15, -0.1) is 0 Å². The Labute approximate surface area is 166 Å². The van der Waals surface area contributed by atoms with E-state index in [1.54, 1.807) is 48.5 Å². The Morgan fingerprint density at radius 2 is 1.83 bits per heavy atom. The van der Waals surface area contributed by atoms with Crippen LogP contribution in [0.1, 0.15) is 12.5 Å². The van der Waals surface area contributed by atoms with Crippen LogP contribution in [0, 0.1) is 5.82 Å². The van der Waals surface area contributed by atoms with E-state index in [0.717, 1.165) is 5.56 Å². The van der Waals surface area contributed by atoms with E-state index < -0.39 is 0 Å². The van der Waals surface area contributed by atoms with Crippen LogP contribution in [0.15, 0.2) is 71.5 Å². The Kier molecular flexibility index (Phi) is 5.24. The second-order valence-electron chi connectivity index (χ2n) is 6.44. The number of H-pyrrole nitrogens is 1. The quantitative estimate of drug-likeness (QED) is 0.518. The summed E-state index contributed by atoms with van der Waals surface area (Å²) in [5.41, 5.74) is 1.84. The van der Waals surface area contributed by atoms with Gasteiger partial charge in [0.2, 0.25) is 0 Å².